The van der Waals surface area contributed by atoms with Gasteiger partial charge in [-0.15, -0.1) is 0 Å². The fourth-order valence-electron chi connectivity index (χ4n) is 6.52. The zero-order chi connectivity index (χ0) is 34.1. The molecule has 8 rings (SSSR count). The van der Waals surface area contributed by atoms with Crippen LogP contribution in [-0.2, 0) is 0 Å². The Morgan fingerprint density at radius 1 is 0.340 bits per heavy atom. The van der Waals surface area contributed by atoms with Crippen molar-refractivity contribution in [2.45, 2.75) is 0 Å². The Bertz CT molecular complexity index is 2090. The molecule has 0 fully saturated rings. The largest absolute Gasteiger partial charge is 0.857 e. The van der Waals surface area contributed by atoms with E-state index in [2.05, 4.69) is 221 Å². The topological polar surface area (TPSA) is 32.5 Å². The van der Waals surface area contributed by atoms with E-state index in [9.17, 15) is 0 Å². The number of rotatable bonds is 6. The molecule has 50 heavy (non-hydrogen) atoms. The van der Waals surface area contributed by atoms with Crippen molar-refractivity contribution in [1.82, 2.24) is 4.58 Å². The van der Waals surface area contributed by atoms with Crippen LogP contribution in [0, 0.1) is 0 Å². The molecule has 0 atom stereocenters. The molecule has 0 aliphatic heterocycles. The van der Waals surface area contributed by atoms with Crippen LogP contribution in [0.3, 0.4) is 0 Å². The van der Waals surface area contributed by atoms with Gasteiger partial charge in [0.25, 0.3) is 0 Å². The van der Waals surface area contributed by atoms with Gasteiger partial charge < -0.3 is 5.11 Å². The highest BCUT2D eigenvalue weighted by atomic mass is 16.2. The number of benzene rings is 8. The molecule has 0 unspecified atom stereocenters. The molecule has 0 aromatic heterocycles. The van der Waals surface area contributed by atoms with E-state index in [1.54, 1.807) is 0 Å². The predicted octanol–water partition coefficient (Wildman–Crippen LogP) is 10.8. The molecule has 4 heteroatoms. The number of hydrogen-bond acceptors (Lipinski definition) is 1. The number of hydrogen-bond donors (Lipinski definition) is 0. The Morgan fingerprint density at radius 2 is 0.620 bits per heavy atom. The molecular weight excluding hydrogens is 611 g/mol. The Hall–Kier alpha value is -6.49. The van der Waals surface area contributed by atoms with Crippen LogP contribution in [0.4, 0.5) is 34.1 Å². The maximum atomic E-state index is 8.25. The highest BCUT2D eigenvalue weighted by Crippen LogP contribution is 2.39. The second-order valence-electron chi connectivity index (χ2n) is 11.6. The van der Waals surface area contributed by atoms with Gasteiger partial charge in [0.2, 0.25) is 0 Å². The van der Waals surface area contributed by atoms with E-state index >= 15 is 0 Å². The predicted molar refractivity (Wildman–Crippen MR) is 210 cm³/mol. The Morgan fingerprint density at radius 3 is 0.960 bits per heavy atom. The third kappa shape index (κ3) is 6.36. The molecule has 8 aromatic carbocycles. The van der Waals surface area contributed by atoms with Crippen molar-refractivity contribution in [3.05, 3.63) is 206 Å². The van der Waals surface area contributed by atoms with Crippen LogP contribution < -0.4 is 19.5 Å². The SMILES string of the molecule is C[O-].c1ccc(N(C(N(c2ccccc2)c2ccccc2)=[N+](c2cccc3ccccc23)c2cccc3ccccc23)c2ccccc2)cc1. The first-order chi connectivity index (χ1) is 24.9. The van der Waals surface area contributed by atoms with Crippen molar-refractivity contribution in [1.29, 1.82) is 0 Å². The highest BCUT2D eigenvalue weighted by molar-refractivity contribution is 6.19. The maximum absolute atomic E-state index is 8.25. The monoisotopic (exact) mass is 647 g/mol. The molecule has 0 amide bonds. The summed E-state index contributed by atoms with van der Waals surface area (Å²) in [5, 5.41) is 12.9. The number of para-hydroxylation sites is 4. The van der Waals surface area contributed by atoms with Crippen molar-refractivity contribution < 1.29 is 5.11 Å². The summed E-state index contributed by atoms with van der Waals surface area (Å²) in [6, 6.07) is 73.2. The summed E-state index contributed by atoms with van der Waals surface area (Å²) in [5.74, 6) is 0.942. The Kier molecular flexibility index (Phi) is 9.73. The molecule has 0 heterocycles. The van der Waals surface area contributed by atoms with Gasteiger partial charge in [-0.2, -0.15) is 21.5 Å². The first kappa shape index (κ1) is 32.1. The first-order valence-electron chi connectivity index (χ1n) is 16.7. The standard InChI is InChI=1S/C45H34N3.CH3O/c1-5-23-37(24-6-1)46(38-25-7-2-8-26-38)45(47(39-27-9-3-10-28-39)40-29-11-4-12-30-40)48(43-33-17-21-35-19-13-15-31-41(35)43)44-34-18-22-36-20-14-16-32-42(36)44;1-2/h1-34H;1H3/q+1;-1. The molecule has 0 spiro atoms. The molecule has 0 saturated heterocycles. The fourth-order valence-corrected chi connectivity index (χ4v) is 6.52. The van der Waals surface area contributed by atoms with Gasteiger partial charge in [0.1, 0.15) is 34.1 Å². The minimum atomic E-state index is 0.750. The molecular formula is C46H37N3O. The summed E-state index contributed by atoms with van der Waals surface area (Å²) in [6.07, 6.45) is 0. The van der Waals surface area contributed by atoms with Crippen molar-refractivity contribution in [3.63, 3.8) is 0 Å². The summed E-state index contributed by atoms with van der Waals surface area (Å²) < 4.78 is 2.45. The summed E-state index contributed by atoms with van der Waals surface area (Å²) in [5.41, 5.74) is 6.32. The second kappa shape index (κ2) is 15.2. The average Bonchev–Trinajstić information content (AvgIpc) is 3.21. The number of anilines is 4. The van der Waals surface area contributed by atoms with E-state index < -0.39 is 0 Å². The molecule has 8 aromatic rings. The zero-order valence-corrected chi connectivity index (χ0v) is 27.9. The van der Waals surface area contributed by atoms with Crippen LogP contribution in [0.15, 0.2) is 206 Å². The second-order valence-corrected chi connectivity index (χ2v) is 11.6. The zero-order valence-electron chi connectivity index (χ0n) is 27.9. The van der Waals surface area contributed by atoms with Crippen LogP contribution >= 0.6 is 0 Å². The van der Waals surface area contributed by atoms with E-state index in [0.29, 0.717) is 0 Å². The summed E-state index contributed by atoms with van der Waals surface area (Å²) in [7, 11) is 0.750. The lowest BCUT2D eigenvalue weighted by Crippen LogP contribution is -2.46. The smallest absolute Gasteiger partial charge is 0.380 e. The molecule has 0 N–H and O–H groups in total. The van der Waals surface area contributed by atoms with E-state index in [4.69, 9.17) is 5.11 Å². The van der Waals surface area contributed by atoms with Gasteiger partial charge >= 0.3 is 5.96 Å². The molecule has 0 aliphatic rings. The van der Waals surface area contributed by atoms with Crippen molar-refractivity contribution in [2.75, 3.05) is 16.9 Å². The number of guanidine groups is 1. The van der Waals surface area contributed by atoms with Crippen molar-refractivity contribution in [2.24, 2.45) is 0 Å². The molecule has 0 aliphatic carbocycles. The number of nitrogens with zero attached hydrogens (tertiary/aromatic N) is 3. The molecule has 4 nitrogen and oxygen atoms in total. The minimum absolute atomic E-state index is 0.750. The van der Waals surface area contributed by atoms with Crippen LogP contribution in [0.5, 0.6) is 0 Å². The van der Waals surface area contributed by atoms with Gasteiger partial charge in [-0.25, -0.2) is 0 Å². The lowest BCUT2D eigenvalue weighted by Gasteiger charge is -2.31. The maximum Gasteiger partial charge on any atom is 0.380 e. The van der Waals surface area contributed by atoms with E-state index in [0.717, 1.165) is 58.0 Å². The van der Waals surface area contributed by atoms with Gasteiger partial charge in [-0.05, 0) is 71.4 Å². The minimum Gasteiger partial charge on any atom is -0.857 e. The normalized spacial score (nSPS) is 10.6. The van der Waals surface area contributed by atoms with E-state index in [1.807, 2.05) is 0 Å². The molecule has 0 saturated carbocycles. The average molecular weight is 648 g/mol. The van der Waals surface area contributed by atoms with Crippen LogP contribution in [0.2, 0.25) is 0 Å². The van der Waals surface area contributed by atoms with E-state index in [-0.39, 0.29) is 0 Å². The molecule has 0 radical (unpaired) electrons. The van der Waals surface area contributed by atoms with Crippen LogP contribution in [0.1, 0.15) is 0 Å². The van der Waals surface area contributed by atoms with Gasteiger partial charge in [0.05, 0.1) is 0 Å². The fraction of sp³-hybridized carbons (Fsp3) is 0.0217. The van der Waals surface area contributed by atoms with Gasteiger partial charge in [-0.1, -0.05) is 146 Å². The van der Waals surface area contributed by atoms with Crippen LogP contribution in [-0.4, -0.2) is 13.1 Å². The third-order valence-corrected chi connectivity index (χ3v) is 8.67. The lowest BCUT2D eigenvalue weighted by molar-refractivity contribution is -0.325. The van der Waals surface area contributed by atoms with Crippen molar-refractivity contribution >= 4 is 61.6 Å². The lowest BCUT2D eigenvalue weighted by atomic mass is 10.1. The Labute approximate surface area is 293 Å². The van der Waals surface area contributed by atoms with E-state index in [1.165, 1.54) is 10.8 Å². The first-order valence-corrected chi connectivity index (χ1v) is 16.7. The number of fused-ring (bicyclic) bond motifs is 2. The van der Waals surface area contributed by atoms with Gasteiger partial charge in [0, 0.05) is 10.8 Å². The quantitative estimate of drug-likeness (QED) is 0.102. The molecule has 0 bridgehead atoms. The summed E-state index contributed by atoms with van der Waals surface area (Å²) >= 11 is 0. The van der Waals surface area contributed by atoms with Gasteiger partial charge in [0.15, 0.2) is 0 Å². The van der Waals surface area contributed by atoms with Crippen LogP contribution in [0.25, 0.3) is 21.5 Å². The summed E-state index contributed by atoms with van der Waals surface area (Å²) in [4.78, 5) is 4.76. The van der Waals surface area contributed by atoms with Gasteiger partial charge in [-0.3, -0.25) is 0 Å². The van der Waals surface area contributed by atoms with Crippen molar-refractivity contribution in [3.8, 4) is 0 Å². The summed E-state index contributed by atoms with van der Waals surface area (Å²) in [6.45, 7) is 0. The Balaban J connectivity index is 0.00000193. The highest BCUT2D eigenvalue weighted by Gasteiger charge is 2.37. The third-order valence-electron chi connectivity index (χ3n) is 8.67. The molecule has 242 valence electrons.